The summed E-state index contributed by atoms with van der Waals surface area (Å²) in [7, 11) is 1.49. The van der Waals surface area contributed by atoms with Gasteiger partial charge >= 0.3 is 0 Å². The van der Waals surface area contributed by atoms with Gasteiger partial charge in [-0.05, 0) is 29.7 Å². The SMILES string of the molecule is CCCCCCCOc1ccc(-c2ccc(C(O)OC)cc2)cc1. The highest BCUT2D eigenvalue weighted by Crippen LogP contribution is 2.24. The van der Waals surface area contributed by atoms with E-state index >= 15 is 0 Å². The van der Waals surface area contributed by atoms with Crippen molar-refractivity contribution in [1.82, 2.24) is 0 Å². The van der Waals surface area contributed by atoms with Gasteiger partial charge in [0.25, 0.3) is 0 Å². The molecule has 3 nitrogen and oxygen atoms in total. The van der Waals surface area contributed by atoms with Crippen molar-refractivity contribution in [1.29, 1.82) is 0 Å². The molecule has 0 saturated heterocycles. The lowest BCUT2D eigenvalue weighted by Gasteiger charge is -2.10. The molecular weight excluding hydrogens is 300 g/mol. The van der Waals surface area contributed by atoms with Crippen LogP contribution in [0.4, 0.5) is 0 Å². The van der Waals surface area contributed by atoms with Gasteiger partial charge < -0.3 is 14.6 Å². The van der Waals surface area contributed by atoms with Crippen LogP contribution < -0.4 is 4.74 Å². The summed E-state index contributed by atoms with van der Waals surface area (Å²) < 4.78 is 10.7. The second kappa shape index (κ2) is 10.1. The van der Waals surface area contributed by atoms with Crippen LogP contribution in [0.5, 0.6) is 5.75 Å². The lowest BCUT2D eigenvalue weighted by molar-refractivity contribution is -0.0769. The van der Waals surface area contributed by atoms with Gasteiger partial charge in [-0.15, -0.1) is 0 Å². The van der Waals surface area contributed by atoms with Crippen molar-refractivity contribution in [2.45, 2.75) is 45.3 Å². The van der Waals surface area contributed by atoms with Crippen molar-refractivity contribution >= 4 is 0 Å². The number of aliphatic hydroxyl groups is 1. The molecule has 3 heteroatoms. The van der Waals surface area contributed by atoms with Crippen molar-refractivity contribution in [3.05, 3.63) is 54.1 Å². The maximum absolute atomic E-state index is 9.64. The molecule has 24 heavy (non-hydrogen) atoms. The highest BCUT2D eigenvalue weighted by molar-refractivity contribution is 5.64. The molecule has 1 N–H and O–H groups in total. The Morgan fingerprint density at radius 3 is 2.00 bits per heavy atom. The normalized spacial score (nSPS) is 12.1. The van der Waals surface area contributed by atoms with E-state index < -0.39 is 6.29 Å². The average molecular weight is 328 g/mol. The Labute approximate surface area is 145 Å². The van der Waals surface area contributed by atoms with E-state index in [4.69, 9.17) is 9.47 Å². The van der Waals surface area contributed by atoms with Gasteiger partial charge in [-0.25, -0.2) is 0 Å². The van der Waals surface area contributed by atoms with E-state index in [0.29, 0.717) is 0 Å². The predicted octanol–water partition coefficient (Wildman–Crippen LogP) is 5.34. The predicted molar refractivity (Wildman–Crippen MR) is 98.1 cm³/mol. The van der Waals surface area contributed by atoms with Crippen LogP contribution >= 0.6 is 0 Å². The quantitative estimate of drug-likeness (QED) is 0.472. The molecule has 130 valence electrons. The number of unbranched alkanes of at least 4 members (excludes halogenated alkanes) is 4. The minimum absolute atomic E-state index is 0.754. The summed E-state index contributed by atoms with van der Waals surface area (Å²) in [4.78, 5) is 0. The summed E-state index contributed by atoms with van der Waals surface area (Å²) in [6, 6.07) is 15.9. The molecule has 0 bridgehead atoms. The van der Waals surface area contributed by atoms with Gasteiger partial charge in [0.05, 0.1) is 6.61 Å². The molecule has 0 aliphatic carbocycles. The maximum Gasteiger partial charge on any atom is 0.180 e. The molecule has 0 heterocycles. The lowest BCUT2D eigenvalue weighted by Crippen LogP contribution is -1.98. The molecule has 0 saturated carbocycles. The van der Waals surface area contributed by atoms with Gasteiger partial charge in [0.15, 0.2) is 6.29 Å². The molecule has 0 radical (unpaired) electrons. The maximum atomic E-state index is 9.64. The average Bonchev–Trinajstić information content (AvgIpc) is 2.64. The summed E-state index contributed by atoms with van der Waals surface area (Å²) in [6.45, 7) is 3.01. The molecule has 2 aromatic carbocycles. The Morgan fingerprint density at radius 1 is 0.833 bits per heavy atom. The second-order valence-electron chi connectivity index (χ2n) is 6.00. The third-order valence-corrected chi connectivity index (χ3v) is 4.12. The number of benzene rings is 2. The van der Waals surface area contributed by atoms with E-state index in [9.17, 15) is 5.11 Å². The first-order chi connectivity index (χ1) is 11.7. The number of ether oxygens (including phenoxy) is 2. The monoisotopic (exact) mass is 328 g/mol. The van der Waals surface area contributed by atoms with Crippen molar-refractivity contribution in [3.8, 4) is 16.9 Å². The highest BCUT2D eigenvalue weighted by Gasteiger charge is 2.05. The van der Waals surface area contributed by atoms with Crippen LogP contribution in [0.25, 0.3) is 11.1 Å². The van der Waals surface area contributed by atoms with E-state index in [1.54, 1.807) is 0 Å². The molecule has 0 aromatic heterocycles. The second-order valence-corrected chi connectivity index (χ2v) is 6.00. The number of methoxy groups -OCH3 is 1. The number of hydrogen-bond donors (Lipinski definition) is 1. The van der Waals surface area contributed by atoms with Gasteiger partial charge in [-0.3, -0.25) is 0 Å². The number of hydrogen-bond acceptors (Lipinski definition) is 3. The highest BCUT2D eigenvalue weighted by atomic mass is 16.6. The van der Waals surface area contributed by atoms with Crippen LogP contribution in [-0.2, 0) is 4.74 Å². The van der Waals surface area contributed by atoms with Crippen LogP contribution in [0.3, 0.4) is 0 Å². The standard InChI is InChI=1S/C21H28O3/c1-3-4-5-6-7-16-24-20-14-12-18(13-15-20)17-8-10-19(11-9-17)21(22)23-2/h8-15,21-22H,3-7,16H2,1-2H3. The molecule has 0 amide bonds. The Hall–Kier alpha value is -1.84. The van der Waals surface area contributed by atoms with Crippen molar-refractivity contribution in [3.63, 3.8) is 0 Å². The zero-order chi connectivity index (χ0) is 17.2. The first-order valence-electron chi connectivity index (χ1n) is 8.78. The van der Waals surface area contributed by atoms with E-state index in [1.165, 1.54) is 32.8 Å². The largest absolute Gasteiger partial charge is 0.494 e. The minimum atomic E-state index is -0.868. The number of rotatable bonds is 10. The minimum Gasteiger partial charge on any atom is -0.494 e. The van der Waals surface area contributed by atoms with Crippen molar-refractivity contribution in [2.75, 3.05) is 13.7 Å². The lowest BCUT2D eigenvalue weighted by atomic mass is 10.0. The van der Waals surface area contributed by atoms with E-state index in [0.717, 1.165) is 35.5 Å². The fraction of sp³-hybridized carbons (Fsp3) is 0.429. The summed E-state index contributed by atoms with van der Waals surface area (Å²) >= 11 is 0. The zero-order valence-corrected chi connectivity index (χ0v) is 14.7. The fourth-order valence-electron chi connectivity index (χ4n) is 2.62. The van der Waals surface area contributed by atoms with Crippen LogP contribution in [0, 0.1) is 0 Å². The Kier molecular flexibility index (Phi) is 7.80. The first-order valence-corrected chi connectivity index (χ1v) is 8.78. The van der Waals surface area contributed by atoms with Crippen LogP contribution in [0.2, 0.25) is 0 Å². The summed E-state index contributed by atoms with van der Waals surface area (Å²) in [5, 5.41) is 9.64. The molecule has 1 unspecified atom stereocenters. The summed E-state index contributed by atoms with van der Waals surface area (Å²) in [6.07, 6.45) is 5.37. The van der Waals surface area contributed by atoms with Crippen molar-refractivity contribution < 1.29 is 14.6 Å². The summed E-state index contributed by atoms with van der Waals surface area (Å²) in [5.74, 6) is 0.917. The van der Waals surface area contributed by atoms with Crippen LogP contribution in [0.15, 0.2) is 48.5 Å². The van der Waals surface area contributed by atoms with E-state index in [-0.39, 0.29) is 0 Å². The van der Waals surface area contributed by atoms with Gasteiger partial charge in [-0.2, -0.15) is 0 Å². The van der Waals surface area contributed by atoms with Crippen molar-refractivity contribution in [2.24, 2.45) is 0 Å². The summed E-state index contributed by atoms with van der Waals surface area (Å²) in [5.41, 5.74) is 2.99. The third-order valence-electron chi connectivity index (χ3n) is 4.12. The van der Waals surface area contributed by atoms with Gasteiger partial charge in [0, 0.05) is 12.7 Å². The van der Waals surface area contributed by atoms with Gasteiger partial charge in [-0.1, -0.05) is 69.0 Å². The molecule has 2 rings (SSSR count). The molecule has 0 aliphatic rings. The van der Waals surface area contributed by atoms with Gasteiger partial charge in [0.2, 0.25) is 0 Å². The molecule has 0 fully saturated rings. The topological polar surface area (TPSA) is 38.7 Å². The Balaban J connectivity index is 1.85. The van der Waals surface area contributed by atoms with E-state index in [1.807, 2.05) is 36.4 Å². The molecule has 1 atom stereocenters. The fourth-order valence-corrected chi connectivity index (χ4v) is 2.62. The molecule has 2 aromatic rings. The van der Waals surface area contributed by atoms with Crippen LogP contribution in [-0.4, -0.2) is 18.8 Å². The smallest absolute Gasteiger partial charge is 0.180 e. The molecule has 0 aliphatic heterocycles. The Bertz CT molecular complexity index is 575. The number of aliphatic hydroxyl groups excluding tert-OH is 1. The van der Waals surface area contributed by atoms with Gasteiger partial charge in [0.1, 0.15) is 5.75 Å². The van der Waals surface area contributed by atoms with E-state index in [2.05, 4.69) is 19.1 Å². The molecular formula is C21H28O3. The first kappa shape index (κ1) is 18.5. The molecule has 0 spiro atoms. The van der Waals surface area contributed by atoms with Crippen LogP contribution in [0.1, 0.15) is 50.9 Å². The zero-order valence-electron chi connectivity index (χ0n) is 14.7. The third kappa shape index (κ3) is 5.66. The Morgan fingerprint density at radius 2 is 1.42 bits per heavy atom.